The summed E-state index contributed by atoms with van der Waals surface area (Å²) in [4.78, 5) is 0. The van der Waals surface area contributed by atoms with Gasteiger partial charge in [-0.25, -0.2) is 0 Å². The molecule has 1 aliphatic carbocycles. The zero-order chi connectivity index (χ0) is 23.4. The summed E-state index contributed by atoms with van der Waals surface area (Å²) in [7, 11) is 0. The van der Waals surface area contributed by atoms with Crippen molar-refractivity contribution in [1.82, 2.24) is 0 Å². The standard InChI is InChI=1S/C16H31.C16H33/c1-2-3-4-5-6-7-8-9-10-11-12-13-16-14-15-16;1-3-5-7-9-11-13-15-16-14-12-10-8-6-4-2/h14,16H,2-13,15H2,1H3;1,3-16H2,2H3. The first-order valence-electron chi connectivity index (χ1n) is 15.5. The summed E-state index contributed by atoms with van der Waals surface area (Å²) in [6, 6.07) is 0. The maximum absolute atomic E-state index is 3.87. The van der Waals surface area contributed by atoms with Crippen molar-refractivity contribution in [3.05, 3.63) is 13.3 Å². The van der Waals surface area contributed by atoms with Crippen LogP contribution in [0.4, 0.5) is 0 Å². The molecule has 1 unspecified atom stereocenters. The van der Waals surface area contributed by atoms with Gasteiger partial charge in [-0.15, -0.1) is 0 Å². The lowest BCUT2D eigenvalue weighted by Crippen LogP contribution is -1.83. The maximum Gasteiger partial charge on any atom is -0.0352 e. The minimum atomic E-state index is 1.03. The van der Waals surface area contributed by atoms with E-state index in [-0.39, 0.29) is 0 Å². The first-order valence-corrected chi connectivity index (χ1v) is 15.5. The molecule has 0 heteroatoms. The average molecular weight is 449 g/mol. The van der Waals surface area contributed by atoms with E-state index in [2.05, 4.69) is 27.2 Å². The molecule has 0 N–H and O–H groups in total. The minimum absolute atomic E-state index is 1.03. The molecule has 0 amide bonds. The van der Waals surface area contributed by atoms with Gasteiger partial charge in [0.2, 0.25) is 0 Å². The van der Waals surface area contributed by atoms with Crippen LogP contribution in [0.2, 0.25) is 0 Å². The number of rotatable bonds is 25. The summed E-state index contributed by atoms with van der Waals surface area (Å²) >= 11 is 0. The van der Waals surface area contributed by atoms with E-state index in [1.54, 1.807) is 0 Å². The Hall–Kier alpha value is 0. The van der Waals surface area contributed by atoms with Gasteiger partial charge < -0.3 is 0 Å². The second kappa shape index (κ2) is 29.0. The fourth-order valence-electron chi connectivity index (χ4n) is 4.60. The molecule has 1 atom stereocenters. The Balaban J connectivity index is 0.000000601. The molecular weight excluding hydrogens is 384 g/mol. The van der Waals surface area contributed by atoms with E-state index >= 15 is 0 Å². The Bertz CT molecular complexity index is 289. The molecule has 1 saturated carbocycles. The van der Waals surface area contributed by atoms with Crippen molar-refractivity contribution in [3.63, 3.8) is 0 Å². The molecule has 192 valence electrons. The topological polar surface area (TPSA) is 0 Å². The monoisotopic (exact) mass is 449 g/mol. The van der Waals surface area contributed by atoms with Gasteiger partial charge in [-0.1, -0.05) is 188 Å². The minimum Gasteiger partial charge on any atom is -0.0654 e. The predicted molar refractivity (Wildman–Crippen MR) is 149 cm³/mol. The molecule has 0 aliphatic heterocycles. The fraction of sp³-hybridized carbons (Fsp3) is 0.938. The van der Waals surface area contributed by atoms with Gasteiger partial charge >= 0.3 is 0 Å². The van der Waals surface area contributed by atoms with Crippen LogP contribution in [0.5, 0.6) is 0 Å². The molecule has 0 aromatic heterocycles. The summed E-state index contributed by atoms with van der Waals surface area (Å²) in [6.45, 7) is 8.45. The van der Waals surface area contributed by atoms with Crippen molar-refractivity contribution in [2.45, 2.75) is 187 Å². The SMILES string of the molecule is CCCCCCCCCCCCCC1[CH]C1.[CH2]CCCCCCCCCCCCCCC. The molecule has 0 aromatic rings. The van der Waals surface area contributed by atoms with E-state index in [9.17, 15) is 0 Å². The first kappa shape index (κ1) is 32.0. The highest BCUT2D eigenvalue weighted by Gasteiger charge is 2.20. The quantitative estimate of drug-likeness (QED) is 0.122. The van der Waals surface area contributed by atoms with Gasteiger partial charge in [0.15, 0.2) is 0 Å². The van der Waals surface area contributed by atoms with Crippen LogP contribution in [0.15, 0.2) is 0 Å². The summed E-state index contributed by atoms with van der Waals surface area (Å²) in [6.07, 6.45) is 41.4. The smallest absolute Gasteiger partial charge is 0.0352 e. The highest BCUT2D eigenvalue weighted by Crippen LogP contribution is 2.32. The summed E-state index contributed by atoms with van der Waals surface area (Å²) in [5.41, 5.74) is 0. The van der Waals surface area contributed by atoms with Crippen LogP contribution in [-0.2, 0) is 0 Å². The van der Waals surface area contributed by atoms with E-state index in [0.29, 0.717) is 0 Å². The van der Waals surface area contributed by atoms with Crippen LogP contribution in [-0.4, -0.2) is 0 Å². The molecule has 0 bridgehead atoms. The summed E-state index contributed by atoms with van der Waals surface area (Å²) in [5.74, 6) is 1.03. The first-order chi connectivity index (χ1) is 15.8. The Kier molecular flexibility index (Phi) is 29.0. The lowest BCUT2D eigenvalue weighted by Gasteiger charge is -2.02. The summed E-state index contributed by atoms with van der Waals surface area (Å²) in [5, 5.41) is 0. The Morgan fingerprint density at radius 3 is 1.03 bits per heavy atom. The van der Waals surface area contributed by atoms with Gasteiger partial charge in [-0.3, -0.25) is 0 Å². The van der Waals surface area contributed by atoms with E-state index in [1.165, 1.54) is 167 Å². The number of hydrogen-bond donors (Lipinski definition) is 0. The number of hydrogen-bond acceptors (Lipinski definition) is 0. The van der Waals surface area contributed by atoms with Gasteiger partial charge in [0, 0.05) is 0 Å². The van der Waals surface area contributed by atoms with Crippen LogP contribution in [0.25, 0.3) is 0 Å². The summed E-state index contributed by atoms with van der Waals surface area (Å²) < 4.78 is 0. The van der Waals surface area contributed by atoms with Crippen LogP contribution < -0.4 is 0 Å². The molecule has 32 heavy (non-hydrogen) atoms. The molecule has 0 heterocycles. The third-order valence-corrected chi connectivity index (χ3v) is 7.10. The van der Waals surface area contributed by atoms with Gasteiger partial charge in [-0.2, -0.15) is 0 Å². The van der Waals surface area contributed by atoms with Crippen molar-refractivity contribution < 1.29 is 0 Å². The van der Waals surface area contributed by atoms with E-state index < -0.39 is 0 Å². The molecule has 2 radical (unpaired) electrons. The van der Waals surface area contributed by atoms with Crippen molar-refractivity contribution in [1.29, 1.82) is 0 Å². The second-order valence-corrected chi connectivity index (χ2v) is 10.7. The fourth-order valence-corrected chi connectivity index (χ4v) is 4.60. The van der Waals surface area contributed by atoms with Crippen LogP contribution >= 0.6 is 0 Å². The highest BCUT2D eigenvalue weighted by atomic mass is 14.3. The van der Waals surface area contributed by atoms with Crippen molar-refractivity contribution in [2.75, 3.05) is 0 Å². The lowest BCUT2D eigenvalue weighted by molar-refractivity contribution is 0.538. The Morgan fingerprint density at radius 2 is 0.750 bits per heavy atom. The average Bonchev–Trinajstić information content (AvgIpc) is 3.63. The van der Waals surface area contributed by atoms with Gasteiger partial charge in [0.1, 0.15) is 0 Å². The van der Waals surface area contributed by atoms with E-state index in [4.69, 9.17) is 0 Å². The van der Waals surface area contributed by atoms with Crippen molar-refractivity contribution in [3.8, 4) is 0 Å². The molecule has 0 nitrogen and oxygen atoms in total. The third-order valence-electron chi connectivity index (χ3n) is 7.10. The van der Waals surface area contributed by atoms with Gasteiger partial charge in [-0.05, 0) is 18.8 Å². The van der Waals surface area contributed by atoms with E-state index in [1.807, 2.05) is 0 Å². The predicted octanol–water partition coefficient (Wildman–Crippen LogP) is 12.2. The Morgan fingerprint density at radius 1 is 0.469 bits per heavy atom. The van der Waals surface area contributed by atoms with Crippen molar-refractivity contribution >= 4 is 0 Å². The van der Waals surface area contributed by atoms with E-state index in [0.717, 1.165) is 12.3 Å². The third kappa shape index (κ3) is 30.0. The zero-order valence-electron chi connectivity index (χ0n) is 23.0. The molecule has 1 aliphatic rings. The largest absolute Gasteiger partial charge is 0.0654 e. The highest BCUT2D eigenvalue weighted by molar-refractivity contribution is 4.93. The maximum atomic E-state index is 3.87. The van der Waals surface area contributed by atoms with Crippen LogP contribution in [0.3, 0.4) is 0 Å². The number of unbranched alkanes of at least 4 members (excludes halogenated alkanes) is 23. The van der Waals surface area contributed by atoms with Gasteiger partial charge in [0.05, 0.1) is 0 Å². The van der Waals surface area contributed by atoms with Crippen LogP contribution in [0.1, 0.15) is 187 Å². The normalized spacial score (nSPS) is 13.2. The lowest BCUT2D eigenvalue weighted by atomic mass is 10.0. The van der Waals surface area contributed by atoms with Crippen molar-refractivity contribution in [2.24, 2.45) is 5.92 Å². The zero-order valence-corrected chi connectivity index (χ0v) is 23.0. The van der Waals surface area contributed by atoms with Gasteiger partial charge in [0.25, 0.3) is 0 Å². The van der Waals surface area contributed by atoms with Crippen LogP contribution in [0, 0.1) is 19.3 Å². The molecule has 1 fully saturated rings. The molecule has 0 spiro atoms. The molecular formula is C32H64. The second-order valence-electron chi connectivity index (χ2n) is 10.7. The molecule has 0 saturated heterocycles. The Labute approximate surface area is 206 Å². The molecule has 0 aromatic carbocycles. The molecule has 1 rings (SSSR count).